The number of carbonyl (C=O) groups excluding carboxylic acids is 1. The summed E-state index contributed by atoms with van der Waals surface area (Å²) in [5.74, 6) is 0.578. The quantitative estimate of drug-likeness (QED) is 0.650. The Labute approximate surface area is 174 Å². The van der Waals surface area contributed by atoms with E-state index in [-0.39, 0.29) is 10.8 Å². The molecule has 2 aromatic heterocycles. The van der Waals surface area contributed by atoms with Crippen molar-refractivity contribution in [2.45, 2.75) is 24.3 Å². The van der Waals surface area contributed by atoms with Crippen molar-refractivity contribution in [1.29, 1.82) is 0 Å². The molecule has 29 heavy (non-hydrogen) atoms. The van der Waals surface area contributed by atoms with Crippen molar-refractivity contribution in [2.24, 2.45) is 7.05 Å². The summed E-state index contributed by atoms with van der Waals surface area (Å²) in [5.41, 5.74) is 1.40. The Hall–Kier alpha value is -2.49. The third-order valence-electron chi connectivity index (χ3n) is 5.06. The highest BCUT2D eigenvalue weighted by atomic mass is 32.2. The number of sulfonamides is 1. The Morgan fingerprint density at radius 3 is 2.97 bits per heavy atom. The molecule has 1 aromatic carbocycles. The summed E-state index contributed by atoms with van der Waals surface area (Å²) in [6.07, 6.45) is 4.89. The lowest BCUT2D eigenvalue weighted by molar-refractivity contribution is 0.0953. The van der Waals surface area contributed by atoms with Gasteiger partial charge in [0.05, 0.1) is 4.90 Å². The van der Waals surface area contributed by atoms with Gasteiger partial charge in [0, 0.05) is 55.9 Å². The minimum atomic E-state index is -3.66. The molecule has 0 radical (unpaired) electrons. The van der Waals surface area contributed by atoms with Crippen molar-refractivity contribution in [3.8, 4) is 0 Å². The SMILES string of the molecule is Cn1ccnc1CCNC(=O)c1cccc(S(=O)(=O)N2CCc3sccc3C2)c1. The number of carbonyl (C=O) groups is 1. The van der Waals surface area contributed by atoms with E-state index >= 15 is 0 Å². The molecule has 152 valence electrons. The molecule has 0 aliphatic carbocycles. The molecule has 3 heterocycles. The Morgan fingerprint density at radius 2 is 2.17 bits per heavy atom. The maximum atomic E-state index is 13.1. The lowest BCUT2D eigenvalue weighted by Crippen LogP contribution is -2.35. The maximum absolute atomic E-state index is 13.1. The summed E-state index contributed by atoms with van der Waals surface area (Å²) < 4.78 is 29.6. The minimum absolute atomic E-state index is 0.146. The number of nitrogens with one attached hydrogen (secondary N) is 1. The maximum Gasteiger partial charge on any atom is 0.251 e. The Kier molecular flexibility index (Phi) is 5.53. The van der Waals surface area contributed by atoms with Gasteiger partial charge in [-0.3, -0.25) is 4.79 Å². The first-order valence-corrected chi connectivity index (χ1v) is 11.7. The average molecular weight is 431 g/mol. The van der Waals surface area contributed by atoms with Gasteiger partial charge in [-0.05, 0) is 41.6 Å². The van der Waals surface area contributed by atoms with Crippen LogP contribution >= 0.6 is 11.3 Å². The number of rotatable bonds is 6. The molecule has 0 fully saturated rings. The Morgan fingerprint density at radius 1 is 1.31 bits per heavy atom. The molecule has 0 saturated heterocycles. The number of thiophene rings is 1. The van der Waals surface area contributed by atoms with E-state index in [2.05, 4.69) is 10.3 Å². The van der Waals surface area contributed by atoms with Gasteiger partial charge in [-0.2, -0.15) is 4.31 Å². The molecule has 0 unspecified atom stereocenters. The number of aryl methyl sites for hydroxylation is 1. The summed E-state index contributed by atoms with van der Waals surface area (Å²) in [5, 5.41) is 4.83. The van der Waals surface area contributed by atoms with Gasteiger partial charge < -0.3 is 9.88 Å². The molecule has 1 aliphatic heterocycles. The molecular formula is C20H22N4O3S2. The van der Waals surface area contributed by atoms with Crippen LogP contribution in [0.1, 0.15) is 26.6 Å². The van der Waals surface area contributed by atoms with E-state index < -0.39 is 10.0 Å². The lowest BCUT2D eigenvalue weighted by atomic mass is 10.1. The van der Waals surface area contributed by atoms with Gasteiger partial charge in [-0.25, -0.2) is 13.4 Å². The number of nitrogens with zero attached hydrogens (tertiary/aromatic N) is 3. The summed E-state index contributed by atoms with van der Waals surface area (Å²) in [6, 6.07) is 8.22. The number of benzene rings is 1. The van der Waals surface area contributed by atoms with E-state index in [9.17, 15) is 13.2 Å². The second-order valence-corrected chi connectivity index (χ2v) is 9.88. The van der Waals surface area contributed by atoms with Gasteiger partial charge in [-0.1, -0.05) is 6.07 Å². The average Bonchev–Trinajstić information content (AvgIpc) is 3.36. The molecule has 9 heteroatoms. The zero-order valence-electron chi connectivity index (χ0n) is 16.0. The predicted octanol–water partition coefficient (Wildman–Crippen LogP) is 2.20. The van der Waals surface area contributed by atoms with Gasteiger partial charge in [0.1, 0.15) is 5.82 Å². The lowest BCUT2D eigenvalue weighted by Gasteiger charge is -2.26. The van der Waals surface area contributed by atoms with Crippen LogP contribution in [0.2, 0.25) is 0 Å². The highest BCUT2D eigenvalue weighted by molar-refractivity contribution is 7.89. The molecule has 0 spiro atoms. The second-order valence-electron chi connectivity index (χ2n) is 6.95. The number of hydrogen-bond acceptors (Lipinski definition) is 5. The molecular weight excluding hydrogens is 408 g/mol. The van der Waals surface area contributed by atoms with Gasteiger partial charge in [-0.15, -0.1) is 11.3 Å². The zero-order chi connectivity index (χ0) is 20.4. The largest absolute Gasteiger partial charge is 0.352 e. The second kappa shape index (κ2) is 8.10. The number of aromatic nitrogens is 2. The Bertz CT molecular complexity index is 1130. The molecule has 1 N–H and O–H groups in total. The van der Waals surface area contributed by atoms with E-state index in [1.54, 1.807) is 35.7 Å². The van der Waals surface area contributed by atoms with Crippen LogP contribution in [0.15, 0.2) is 53.0 Å². The minimum Gasteiger partial charge on any atom is -0.352 e. The molecule has 1 amide bonds. The van der Waals surface area contributed by atoms with Gasteiger partial charge >= 0.3 is 0 Å². The first-order chi connectivity index (χ1) is 13.9. The van der Waals surface area contributed by atoms with Crippen molar-refractivity contribution in [3.05, 3.63) is 69.9 Å². The molecule has 0 atom stereocenters. The first-order valence-electron chi connectivity index (χ1n) is 9.35. The number of fused-ring (bicyclic) bond motifs is 1. The van der Waals surface area contributed by atoms with Crippen molar-refractivity contribution in [2.75, 3.05) is 13.1 Å². The fraction of sp³-hybridized carbons (Fsp3) is 0.300. The van der Waals surface area contributed by atoms with E-state index in [1.807, 2.05) is 29.3 Å². The van der Waals surface area contributed by atoms with Crippen LogP contribution in [-0.2, 0) is 36.5 Å². The summed E-state index contributed by atoms with van der Waals surface area (Å²) >= 11 is 1.67. The van der Waals surface area contributed by atoms with Crippen molar-refractivity contribution in [1.82, 2.24) is 19.2 Å². The van der Waals surface area contributed by atoms with Crippen molar-refractivity contribution < 1.29 is 13.2 Å². The highest BCUT2D eigenvalue weighted by Gasteiger charge is 2.29. The molecule has 0 bridgehead atoms. The third kappa shape index (κ3) is 4.12. The van der Waals surface area contributed by atoms with E-state index in [0.717, 1.165) is 17.8 Å². The van der Waals surface area contributed by atoms with E-state index in [4.69, 9.17) is 0 Å². The van der Waals surface area contributed by atoms with Crippen LogP contribution in [0.25, 0.3) is 0 Å². The fourth-order valence-electron chi connectivity index (χ4n) is 3.40. The number of imidazole rings is 1. The van der Waals surface area contributed by atoms with Crippen molar-refractivity contribution in [3.63, 3.8) is 0 Å². The van der Waals surface area contributed by atoms with Crippen molar-refractivity contribution >= 4 is 27.3 Å². The predicted molar refractivity (Wildman–Crippen MR) is 111 cm³/mol. The monoisotopic (exact) mass is 430 g/mol. The smallest absolute Gasteiger partial charge is 0.251 e. The van der Waals surface area contributed by atoms with Crippen LogP contribution in [-0.4, -0.2) is 41.3 Å². The summed E-state index contributed by atoms with van der Waals surface area (Å²) in [7, 11) is -1.75. The fourth-order valence-corrected chi connectivity index (χ4v) is 5.76. The molecule has 7 nitrogen and oxygen atoms in total. The van der Waals surface area contributed by atoms with Gasteiger partial charge in [0.25, 0.3) is 5.91 Å². The standard InChI is InChI=1S/C20H22N4O3S2/c1-23-11-9-21-19(23)5-8-22-20(25)15-3-2-4-17(13-15)29(26,27)24-10-6-18-16(14-24)7-12-28-18/h2-4,7,9,11-13H,5-6,8,10,14H2,1H3,(H,22,25). The van der Waals surface area contributed by atoms with Gasteiger partial charge in [0.2, 0.25) is 10.0 Å². The normalized spacial score (nSPS) is 14.5. The van der Waals surface area contributed by atoms with E-state index in [1.165, 1.54) is 15.2 Å². The molecule has 4 rings (SSSR count). The van der Waals surface area contributed by atoms with Crippen LogP contribution in [0.5, 0.6) is 0 Å². The van der Waals surface area contributed by atoms with Crippen LogP contribution in [0.4, 0.5) is 0 Å². The summed E-state index contributed by atoms with van der Waals surface area (Å²) in [6.45, 7) is 1.25. The zero-order valence-corrected chi connectivity index (χ0v) is 17.7. The number of hydrogen-bond donors (Lipinski definition) is 1. The third-order valence-corrected chi connectivity index (χ3v) is 7.93. The number of amides is 1. The van der Waals surface area contributed by atoms with Crippen LogP contribution in [0, 0.1) is 0 Å². The topological polar surface area (TPSA) is 84.3 Å². The highest BCUT2D eigenvalue weighted by Crippen LogP contribution is 2.28. The molecule has 1 aliphatic rings. The van der Waals surface area contributed by atoms with E-state index in [0.29, 0.717) is 31.6 Å². The molecule has 0 saturated carbocycles. The molecule has 3 aromatic rings. The first kappa shape index (κ1) is 19.8. The summed E-state index contributed by atoms with van der Waals surface area (Å²) in [4.78, 5) is 18.1. The van der Waals surface area contributed by atoms with Crippen LogP contribution in [0.3, 0.4) is 0 Å². The van der Waals surface area contributed by atoms with Gasteiger partial charge in [0.15, 0.2) is 0 Å². The Balaban J connectivity index is 1.45. The van der Waals surface area contributed by atoms with Crippen LogP contribution < -0.4 is 5.32 Å².